The van der Waals surface area contributed by atoms with Crippen molar-refractivity contribution in [1.82, 2.24) is 5.32 Å². The molecule has 0 saturated carbocycles. The molecule has 1 saturated heterocycles. The van der Waals surface area contributed by atoms with Crippen molar-refractivity contribution in [2.24, 2.45) is 0 Å². The minimum atomic E-state index is -0.540. The molecule has 2 rings (SSSR count). The molecule has 25 heavy (non-hydrogen) atoms. The Morgan fingerprint density at radius 2 is 2.04 bits per heavy atom. The van der Waals surface area contributed by atoms with Crippen LogP contribution in [-0.4, -0.2) is 57.4 Å². The van der Waals surface area contributed by atoms with Crippen LogP contribution in [0, 0.1) is 0 Å². The van der Waals surface area contributed by atoms with Crippen molar-refractivity contribution in [2.45, 2.75) is 26.4 Å². The minimum absolute atomic E-state index is 0.243. The van der Waals surface area contributed by atoms with E-state index in [1.807, 2.05) is 12.1 Å². The number of ether oxygens (including phenoxy) is 3. The van der Waals surface area contributed by atoms with Gasteiger partial charge in [-0.1, -0.05) is 0 Å². The van der Waals surface area contributed by atoms with Crippen molar-refractivity contribution in [1.29, 1.82) is 0 Å². The minimum Gasteiger partial charge on any atom is -0.491 e. The van der Waals surface area contributed by atoms with Gasteiger partial charge < -0.3 is 24.4 Å². The van der Waals surface area contributed by atoms with Crippen LogP contribution < -0.4 is 15.0 Å². The molecule has 0 aliphatic carbocycles. The van der Waals surface area contributed by atoms with E-state index in [2.05, 4.69) is 10.2 Å². The first-order chi connectivity index (χ1) is 11.9. The van der Waals surface area contributed by atoms with Crippen LogP contribution >= 0.6 is 0 Å². The van der Waals surface area contributed by atoms with Gasteiger partial charge >= 0.3 is 6.09 Å². The van der Waals surface area contributed by atoms with Crippen molar-refractivity contribution in [3.8, 4) is 5.75 Å². The number of nitrogens with zero attached hydrogens (tertiary/aromatic N) is 1. The number of nitrogens with one attached hydrogen (secondary N) is 1. The average Bonchev–Trinajstić information content (AvgIpc) is 2.58. The van der Waals surface area contributed by atoms with E-state index < -0.39 is 11.7 Å². The Hall–Kier alpha value is -2.28. The molecule has 0 aromatic heterocycles. The second kappa shape index (κ2) is 8.71. The predicted octanol–water partition coefficient (Wildman–Crippen LogP) is 2.24. The van der Waals surface area contributed by atoms with Gasteiger partial charge in [0.05, 0.1) is 25.3 Å². The summed E-state index contributed by atoms with van der Waals surface area (Å²) in [6.45, 7) is 8.92. The number of hydrogen-bond donors (Lipinski definition) is 1. The largest absolute Gasteiger partial charge is 0.491 e. The summed E-state index contributed by atoms with van der Waals surface area (Å²) in [7, 11) is 0. The molecule has 138 valence electrons. The molecule has 7 heteroatoms. The van der Waals surface area contributed by atoms with Crippen LogP contribution in [0.4, 0.5) is 10.5 Å². The number of benzene rings is 1. The summed E-state index contributed by atoms with van der Waals surface area (Å²) < 4.78 is 16.2. The second-order valence-electron chi connectivity index (χ2n) is 6.72. The van der Waals surface area contributed by atoms with Crippen molar-refractivity contribution in [3.63, 3.8) is 0 Å². The van der Waals surface area contributed by atoms with Crippen molar-refractivity contribution in [2.75, 3.05) is 44.4 Å². The average molecular weight is 350 g/mol. The molecule has 0 atom stereocenters. The number of anilines is 1. The lowest BCUT2D eigenvalue weighted by Crippen LogP contribution is -2.36. The third kappa shape index (κ3) is 6.26. The Kier molecular flexibility index (Phi) is 6.64. The van der Waals surface area contributed by atoms with E-state index in [0.717, 1.165) is 25.1 Å². The maximum atomic E-state index is 11.6. The molecule has 1 aromatic rings. The van der Waals surface area contributed by atoms with E-state index in [9.17, 15) is 9.59 Å². The Morgan fingerprint density at radius 1 is 1.32 bits per heavy atom. The predicted molar refractivity (Wildman–Crippen MR) is 94.6 cm³/mol. The van der Waals surface area contributed by atoms with Gasteiger partial charge in [0, 0.05) is 24.8 Å². The maximum Gasteiger partial charge on any atom is 0.407 e. The lowest BCUT2D eigenvalue weighted by Gasteiger charge is -2.29. The van der Waals surface area contributed by atoms with Gasteiger partial charge in [-0.15, -0.1) is 0 Å². The Labute approximate surface area is 148 Å². The number of hydrogen-bond acceptors (Lipinski definition) is 6. The van der Waals surface area contributed by atoms with Gasteiger partial charge in [-0.3, -0.25) is 4.79 Å². The molecule has 0 bridgehead atoms. The fourth-order valence-electron chi connectivity index (χ4n) is 2.39. The highest BCUT2D eigenvalue weighted by Crippen LogP contribution is 2.25. The van der Waals surface area contributed by atoms with Crippen molar-refractivity contribution < 1.29 is 23.8 Å². The van der Waals surface area contributed by atoms with E-state index >= 15 is 0 Å². The molecule has 0 spiro atoms. The van der Waals surface area contributed by atoms with Gasteiger partial charge in [0.25, 0.3) is 0 Å². The van der Waals surface area contributed by atoms with E-state index in [4.69, 9.17) is 14.2 Å². The Morgan fingerprint density at radius 3 is 2.68 bits per heavy atom. The third-order valence-electron chi connectivity index (χ3n) is 3.53. The number of rotatable bonds is 6. The van der Waals surface area contributed by atoms with Gasteiger partial charge in [-0.25, -0.2) is 4.79 Å². The number of alkyl carbamates (subject to hydrolysis) is 1. The summed E-state index contributed by atoms with van der Waals surface area (Å²) in [4.78, 5) is 25.0. The zero-order valence-electron chi connectivity index (χ0n) is 15.0. The number of aldehydes is 1. The van der Waals surface area contributed by atoms with E-state index in [0.29, 0.717) is 24.5 Å². The lowest BCUT2D eigenvalue weighted by atomic mass is 10.2. The molecular weight excluding hydrogens is 324 g/mol. The molecule has 1 fully saturated rings. The highest BCUT2D eigenvalue weighted by Gasteiger charge is 2.16. The van der Waals surface area contributed by atoms with Gasteiger partial charge in [-0.2, -0.15) is 0 Å². The Bertz CT molecular complexity index is 592. The van der Waals surface area contributed by atoms with Crippen molar-refractivity contribution in [3.05, 3.63) is 23.8 Å². The van der Waals surface area contributed by atoms with Crippen LogP contribution in [0.25, 0.3) is 0 Å². The van der Waals surface area contributed by atoms with Crippen LogP contribution in [0.2, 0.25) is 0 Å². The third-order valence-corrected chi connectivity index (χ3v) is 3.53. The first kappa shape index (κ1) is 19.1. The van der Waals surface area contributed by atoms with Crippen molar-refractivity contribution >= 4 is 18.1 Å². The molecule has 1 aromatic carbocycles. The fourth-order valence-corrected chi connectivity index (χ4v) is 2.39. The first-order valence-corrected chi connectivity index (χ1v) is 8.40. The number of carbonyl (C=O) groups excluding carboxylic acids is 2. The maximum absolute atomic E-state index is 11.6. The molecular formula is C18H26N2O5. The van der Waals surface area contributed by atoms with Crippen LogP contribution in [0.1, 0.15) is 31.1 Å². The van der Waals surface area contributed by atoms with E-state index in [1.54, 1.807) is 26.8 Å². The monoisotopic (exact) mass is 350 g/mol. The summed E-state index contributed by atoms with van der Waals surface area (Å²) in [5.41, 5.74) is 0.931. The number of carbonyl (C=O) groups is 2. The molecule has 1 N–H and O–H groups in total. The molecule has 0 radical (unpaired) electrons. The SMILES string of the molecule is CC(C)(C)OC(=O)NCCOc1cc(N2CCOCC2)ccc1C=O. The fraction of sp³-hybridized carbons (Fsp3) is 0.556. The normalized spacial score (nSPS) is 14.8. The second-order valence-corrected chi connectivity index (χ2v) is 6.72. The van der Waals surface area contributed by atoms with Crippen LogP contribution in [-0.2, 0) is 9.47 Å². The molecule has 1 aliphatic rings. The van der Waals surface area contributed by atoms with E-state index in [-0.39, 0.29) is 13.2 Å². The quantitative estimate of drug-likeness (QED) is 0.626. The summed E-state index contributed by atoms with van der Waals surface area (Å²) >= 11 is 0. The highest BCUT2D eigenvalue weighted by molar-refractivity contribution is 5.80. The molecule has 1 aliphatic heterocycles. The highest BCUT2D eigenvalue weighted by atomic mass is 16.6. The molecule has 1 heterocycles. The molecule has 7 nitrogen and oxygen atoms in total. The summed E-state index contributed by atoms with van der Waals surface area (Å²) in [5.74, 6) is 0.505. The smallest absolute Gasteiger partial charge is 0.407 e. The topological polar surface area (TPSA) is 77.1 Å². The zero-order valence-corrected chi connectivity index (χ0v) is 15.0. The summed E-state index contributed by atoms with van der Waals surface area (Å²) in [5, 5.41) is 2.62. The standard InChI is InChI=1S/C18H26N2O5/c1-18(2,3)25-17(22)19-6-9-24-16-12-15(5-4-14(16)13-21)20-7-10-23-11-8-20/h4-5,12-13H,6-11H2,1-3H3,(H,19,22). The number of morpholine rings is 1. The Balaban J connectivity index is 1.89. The van der Waals surface area contributed by atoms with Gasteiger partial charge in [0.1, 0.15) is 18.0 Å². The van der Waals surface area contributed by atoms with Crippen LogP contribution in [0.3, 0.4) is 0 Å². The van der Waals surface area contributed by atoms with Gasteiger partial charge in [0.15, 0.2) is 6.29 Å². The van der Waals surface area contributed by atoms with Crippen LogP contribution in [0.15, 0.2) is 18.2 Å². The molecule has 0 unspecified atom stereocenters. The van der Waals surface area contributed by atoms with Gasteiger partial charge in [-0.05, 0) is 32.9 Å². The number of amides is 1. The zero-order chi connectivity index (χ0) is 18.3. The van der Waals surface area contributed by atoms with Gasteiger partial charge in [0.2, 0.25) is 0 Å². The van der Waals surface area contributed by atoms with Crippen LogP contribution in [0.5, 0.6) is 5.75 Å². The van der Waals surface area contributed by atoms with E-state index in [1.165, 1.54) is 0 Å². The lowest BCUT2D eigenvalue weighted by molar-refractivity contribution is 0.0520. The summed E-state index contributed by atoms with van der Waals surface area (Å²) in [6, 6.07) is 5.50. The molecule has 1 amide bonds. The first-order valence-electron chi connectivity index (χ1n) is 8.40. The summed E-state index contributed by atoms with van der Waals surface area (Å²) in [6.07, 6.45) is 0.272.